The molecule has 6 nitrogen and oxygen atoms in total. The van der Waals surface area contributed by atoms with Crippen molar-refractivity contribution < 1.29 is 28.9 Å². The van der Waals surface area contributed by atoms with Gasteiger partial charge in [0, 0.05) is 19.3 Å². The Morgan fingerprint density at radius 1 is 0.467 bits per heavy atom. The molecule has 0 amide bonds. The van der Waals surface area contributed by atoms with Crippen molar-refractivity contribution in [3.05, 3.63) is 0 Å². The normalized spacial score (nSPS) is 12.7. The average molecular weight is 641 g/mol. The molecule has 6 heteroatoms. The Kier molecular flexibility index (Phi) is 34.8. The highest BCUT2D eigenvalue weighted by Gasteiger charge is 2.17. The summed E-state index contributed by atoms with van der Waals surface area (Å²) in [5.41, 5.74) is 0. The summed E-state index contributed by atoms with van der Waals surface area (Å²) in [5.74, 6) is -0.356. The van der Waals surface area contributed by atoms with E-state index < -0.39 is 6.10 Å². The van der Waals surface area contributed by atoms with Crippen molar-refractivity contribution in [3.8, 4) is 0 Å². The van der Waals surface area contributed by atoms with E-state index in [0.29, 0.717) is 25.9 Å². The van der Waals surface area contributed by atoms with Crippen molar-refractivity contribution in [2.45, 2.75) is 219 Å². The van der Waals surface area contributed by atoms with Crippen LogP contribution in [0.15, 0.2) is 0 Å². The number of aliphatic hydroxyl groups excluding tert-OH is 1. The van der Waals surface area contributed by atoms with Crippen LogP contribution in [0.4, 0.5) is 0 Å². The Morgan fingerprint density at radius 2 is 0.822 bits per heavy atom. The molecule has 0 saturated carbocycles. The second-order valence-corrected chi connectivity index (χ2v) is 13.3. The number of ether oxygens (including phenoxy) is 3. The van der Waals surface area contributed by atoms with Gasteiger partial charge in [0.15, 0.2) is 0 Å². The van der Waals surface area contributed by atoms with Gasteiger partial charge in [-0.1, -0.05) is 162 Å². The number of hydrogen-bond donors (Lipinski definition) is 1. The van der Waals surface area contributed by atoms with E-state index >= 15 is 0 Å². The van der Waals surface area contributed by atoms with Crippen LogP contribution in [-0.2, 0) is 23.8 Å². The van der Waals surface area contributed by atoms with Gasteiger partial charge in [0.25, 0.3) is 0 Å². The van der Waals surface area contributed by atoms with E-state index in [-0.39, 0.29) is 31.3 Å². The lowest BCUT2D eigenvalue weighted by Gasteiger charge is -2.20. The number of rotatable bonds is 36. The van der Waals surface area contributed by atoms with E-state index in [1.165, 1.54) is 116 Å². The van der Waals surface area contributed by atoms with Crippen LogP contribution in [0.3, 0.4) is 0 Å². The first-order valence-electron chi connectivity index (χ1n) is 19.6. The van der Waals surface area contributed by atoms with Gasteiger partial charge in [-0.3, -0.25) is 9.59 Å². The summed E-state index contributed by atoms with van der Waals surface area (Å²) in [4.78, 5) is 24.8. The molecule has 0 aromatic carbocycles. The van der Waals surface area contributed by atoms with Crippen molar-refractivity contribution >= 4 is 11.9 Å². The molecule has 0 aliphatic heterocycles. The summed E-state index contributed by atoms with van der Waals surface area (Å²) >= 11 is 0. The van der Waals surface area contributed by atoms with Crippen molar-refractivity contribution in [3.63, 3.8) is 0 Å². The zero-order valence-corrected chi connectivity index (χ0v) is 30.3. The van der Waals surface area contributed by atoms with Gasteiger partial charge in [-0.15, -0.1) is 0 Å². The molecule has 0 aliphatic rings. The Morgan fingerprint density at radius 3 is 1.22 bits per heavy atom. The van der Waals surface area contributed by atoms with Gasteiger partial charge in [-0.2, -0.15) is 0 Å². The van der Waals surface area contributed by atoms with Crippen molar-refractivity contribution in [1.82, 2.24) is 0 Å². The maximum Gasteiger partial charge on any atom is 0.306 e. The highest BCUT2D eigenvalue weighted by molar-refractivity contribution is 5.69. The van der Waals surface area contributed by atoms with Crippen LogP contribution < -0.4 is 0 Å². The summed E-state index contributed by atoms with van der Waals surface area (Å²) < 4.78 is 17.1. The maximum atomic E-state index is 12.6. The third kappa shape index (κ3) is 32.6. The zero-order valence-electron chi connectivity index (χ0n) is 30.3. The minimum Gasteiger partial charge on any atom is -0.462 e. The number of unbranched alkanes of at least 4 members (excludes halogenated alkanes) is 22. The molecule has 268 valence electrons. The molecule has 45 heavy (non-hydrogen) atoms. The predicted molar refractivity (Wildman–Crippen MR) is 189 cm³/mol. The summed E-state index contributed by atoms with van der Waals surface area (Å²) in [5, 5.41) is 9.71. The molecule has 2 atom stereocenters. The lowest BCUT2D eigenvalue weighted by Crippen LogP contribution is -2.28. The second-order valence-electron chi connectivity index (χ2n) is 13.3. The van der Waals surface area contributed by atoms with Crippen LogP contribution in [0.25, 0.3) is 0 Å². The fourth-order valence-electron chi connectivity index (χ4n) is 5.79. The van der Waals surface area contributed by atoms with Gasteiger partial charge in [0.2, 0.25) is 0 Å². The molecule has 0 fully saturated rings. The van der Waals surface area contributed by atoms with Crippen molar-refractivity contribution in [2.75, 3.05) is 19.8 Å². The first-order valence-corrected chi connectivity index (χ1v) is 19.6. The van der Waals surface area contributed by atoms with Crippen molar-refractivity contribution in [2.24, 2.45) is 0 Å². The minimum atomic E-state index is -0.646. The lowest BCUT2D eigenvalue weighted by atomic mass is 10.1. The molecule has 0 aliphatic carbocycles. The van der Waals surface area contributed by atoms with Crippen LogP contribution in [0.5, 0.6) is 0 Å². The number of hydrogen-bond acceptors (Lipinski definition) is 6. The van der Waals surface area contributed by atoms with Gasteiger partial charge in [0.05, 0.1) is 19.8 Å². The smallest absolute Gasteiger partial charge is 0.306 e. The van der Waals surface area contributed by atoms with E-state index in [4.69, 9.17) is 14.2 Å². The van der Waals surface area contributed by atoms with Gasteiger partial charge in [-0.05, 0) is 25.7 Å². The van der Waals surface area contributed by atoms with Gasteiger partial charge in [0.1, 0.15) is 12.2 Å². The van der Waals surface area contributed by atoms with Gasteiger partial charge >= 0.3 is 11.9 Å². The molecule has 0 unspecified atom stereocenters. The third-order valence-electron chi connectivity index (χ3n) is 8.79. The summed E-state index contributed by atoms with van der Waals surface area (Å²) in [6.07, 6.45) is 32.1. The standard InChI is InChI=1S/C39H76O6/c1-4-7-10-13-15-17-18-20-22-25-28-31-39(42)45-37(34-40)35-43-33-32-36(29-26-23-12-9-6-3)44-38(41)30-27-24-21-19-16-14-11-8-5-2/h36-37,40H,4-35H2,1-3H3/t36-,37+/m1/s1. The largest absolute Gasteiger partial charge is 0.462 e. The molecule has 1 N–H and O–H groups in total. The first kappa shape index (κ1) is 43.9. The van der Waals surface area contributed by atoms with Gasteiger partial charge < -0.3 is 19.3 Å². The fourth-order valence-corrected chi connectivity index (χ4v) is 5.79. The molecule has 0 saturated heterocycles. The molecule has 0 spiro atoms. The Labute approximate surface area is 279 Å². The predicted octanol–water partition coefficient (Wildman–Crippen LogP) is 11.2. The van der Waals surface area contributed by atoms with E-state index in [9.17, 15) is 14.7 Å². The topological polar surface area (TPSA) is 82.1 Å². The molecule has 0 bridgehead atoms. The Bertz CT molecular complexity index is 625. The molecular formula is C39H76O6. The molecule has 0 aromatic rings. The average Bonchev–Trinajstić information content (AvgIpc) is 3.03. The quantitative estimate of drug-likeness (QED) is 0.0542. The van der Waals surface area contributed by atoms with Crippen LogP contribution in [0.2, 0.25) is 0 Å². The van der Waals surface area contributed by atoms with Crippen molar-refractivity contribution in [1.29, 1.82) is 0 Å². The number of aliphatic hydroxyl groups is 1. The monoisotopic (exact) mass is 641 g/mol. The minimum absolute atomic E-state index is 0.0962. The fraction of sp³-hybridized carbons (Fsp3) is 0.949. The summed E-state index contributed by atoms with van der Waals surface area (Å²) in [7, 11) is 0. The second kappa shape index (κ2) is 35.7. The van der Waals surface area contributed by atoms with E-state index in [1.807, 2.05) is 0 Å². The SMILES string of the molecule is CCCCCCCCCCCCCC(=O)O[C@@H](CO)COCC[C@@H](CCCCCCC)OC(=O)CCCCCCCCCCC. The van der Waals surface area contributed by atoms with E-state index in [2.05, 4.69) is 20.8 Å². The molecule has 0 aromatic heterocycles. The highest BCUT2D eigenvalue weighted by Crippen LogP contribution is 2.16. The molecule has 0 rings (SSSR count). The molecule has 0 radical (unpaired) electrons. The maximum absolute atomic E-state index is 12.6. The Hall–Kier alpha value is -1.14. The molecule has 0 heterocycles. The first-order chi connectivity index (χ1) is 22.1. The third-order valence-corrected chi connectivity index (χ3v) is 8.79. The van der Waals surface area contributed by atoms with Gasteiger partial charge in [-0.25, -0.2) is 0 Å². The summed E-state index contributed by atoms with van der Waals surface area (Å²) in [6.45, 7) is 7.04. The Balaban J connectivity index is 4.15. The number of carbonyl (C=O) groups excluding carboxylic acids is 2. The van der Waals surface area contributed by atoms with E-state index in [1.54, 1.807) is 0 Å². The highest BCUT2D eigenvalue weighted by atomic mass is 16.6. The number of carbonyl (C=O) groups is 2. The van der Waals surface area contributed by atoms with E-state index in [0.717, 1.165) is 51.4 Å². The van der Waals surface area contributed by atoms with Crippen LogP contribution in [0.1, 0.15) is 207 Å². The lowest BCUT2D eigenvalue weighted by molar-refractivity contribution is -0.156. The van der Waals surface area contributed by atoms with Crippen LogP contribution >= 0.6 is 0 Å². The van der Waals surface area contributed by atoms with Crippen LogP contribution in [0, 0.1) is 0 Å². The zero-order chi connectivity index (χ0) is 33.1. The summed E-state index contributed by atoms with van der Waals surface area (Å²) in [6, 6.07) is 0. The van der Waals surface area contributed by atoms with Crippen LogP contribution in [-0.4, -0.2) is 49.1 Å². The number of esters is 2. The molecular weight excluding hydrogens is 564 g/mol.